The SMILES string of the molecule is C=NCN=C(NC1=C(C)CC(C)(C#CC2(CCCN3Cc4ccc(OC)cc4C3=O)NC(=O)NC2=O)CC1)NC1CC1. The van der Waals surface area contributed by atoms with Gasteiger partial charge in [-0.25, -0.2) is 9.79 Å². The molecule has 2 unspecified atom stereocenters. The molecule has 0 spiro atoms. The first-order chi connectivity index (χ1) is 20.1. The maximum atomic E-state index is 13.0. The lowest BCUT2D eigenvalue weighted by Crippen LogP contribution is -2.46. The van der Waals surface area contributed by atoms with Crippen molar-refractivity contribution in [3.63, 3.8) is 0 Å². The minimum absolute atomic E-state index is 0.0633. The van der Waals surface area contributed by atoms with Crippen LogP contribution in [0.25, 0.3) is 0 Å². The molecular formula is C31H39N7O4. The quantitative estimate of drug-likeness (QED) is 0.155. The van der Waals surface area contributed by atoms with E-state index >= 15 is 0 Å². The van der Waals surface area contributed by atoms with Crippen LogP contribution in [0.15, 0.2) is 39.5 Å². The normalized spacial score (nSPS) is 25.4. The largest absolute Gasteiger partial charge is 0.497 e. The summed E-state index contributed by atoms with van der Waals surface area (Å²) in [5.41, 5.74) is 2.17. The second kappa shape index (κ2) is 11.9. The summed E-state index contributed by atoms with van der Waals surface area (Å²) in [5.74, 6) is 7.41. The van der Waals surface area contributed by atoms with Crippen molar-refractivity contribution in [3.8, 4) is 17.6 Å². The van der Waals surface area contributed by atoms with Gasteiger partial charge < -0.3 is 25.6 Å². The number of rotatable bonds is 9. The molecule has 4 aliphatic rings. The van der Waals surface area contributed by atoms with Crippen LogP contribution in [-0.2, 0) is 11.3 Å². The van der Waals surface area contributed by atoms with Gasteiger partial charge in [0, 0.05) is 35.8 Å². The fourth-order valence-corrected chi connectivity index (χ4v) is 5.74. The zero-order chi connectivity index (χ0) is 29.9. The lowest BCUT2D eigenvalue weighted by molar-refractivity contribution is -0.122. The van der Waals surface area contributed by atoms with E-state index in [0.717, 1.165) is 42.9 Å². The molecule has 11 nitrogen and oxygen atoms in total. The number of nitrogens with zero attached hydrogens (tertiary/aromatic N) is 3. The molecule has 4 N–H and O–H groups in total. The van der Waals surface area contributed by atoms with Crippen LogP contribution < -0.4 is 26.0 Å². The van der Waals surface area contributed by atoms with Crippen LogP contribution >= 0.6 is 0 Å². The fraction of sp³-hybridized carbons (Fsp3) is 0.516. The fourth-order valence-electron chi connectivity index (χ4n) is 5.74. The molecule has 2 fully saturated rings. The van der Waals surface area contributed by atoms with Crippen molar-refractivity contribution in [2.24, 2.45) is 15.4 Å². The lowest BCUT2D eigenvalue weighted by Gasteiger charge is -2.32. The van der Waals surface area contributed by atoms with Gasteiger partial charge in [0.1, 0.15) is 12.4 Å². The third kappa shape index (κ3) is 6.43. The Morgan fingerprint density at radius 3 is 2.74 bits per heavy atom. The molecule has 1 saturated heterocycles. The van der Waals surface area contributed by atoms with Crippen molar-refractivity contribution < 1.29 is 19.1 Å². The summed E-state index contributed by atoms with van der Waals surface area (Å²) in [6.45, 7) is 8.93. The number of ether oxygens (including phenoxy) is 1. The molecule has 0 radical (unpaired) electrons. The second-order valence-electron chi connectivity index (χ2n) is 11.8. The Hall–Kier alpha value is -4.33. The van der Waals surface area contributed by atoms with Gasteiger partial charge in [0.05, 0.1) is 7.11 Å². The van der Waals surface area contributed by atoms with Crippen molar-refractivity contribution in [1.29, 1.82) is 0 Å². The molecule has 2 aliphatic carbocycles. The Bertz CT molecular complexity index is 1420. The summed E-state index contributed by atoms with van der Waals surface area (Å²) in [4.78, 5) is 48.2. The van der Waals surface area contributed by atoms with Crippen LogP contribution in [0.3, 0.4) is 0 Å². The van der Waals surface area contributed by atoms with Crippen molar-refractivity contribution in [2.45, 2.75) is 76.9 Å². The zero-order valence-corrected chi connectivity index (χ0v) is 24.6. The summed E-state index contributed by atoms with van der Waals surface area (Å²) < 4.78 is 5.26. The van der Waals surface area contributed by atoms with Gasteiger partial charge >= 0.3 is 6.03 Å². The third-order valence-corrected chi connectivity index (χ3v) is 8.31. The van der Waals surface area contributed by atoms with Gasteiger partial charge in [0.2, 0.25) is 0 Å². The van der Waals surface area contributed by atoms with Crippen molar-refractivity contribution in [1.82, 2.24) is 26.2 Å². The number of nitrogens with one attached hydrogen (secondary N) is 4. The molecular weight excluding hydrogens is 534 g/mol. The highest BCUT2D eigenvalue weighted by Crippen LogP contribution is 2.38. The van der Waals surface area contributed by atoms with E-state index < -0.39 is 17.5 Å². The highest BCUT2D eigenvalue weighted by molar-refractivity contribution is 6.09. The maximum absolute atomic E-state index is 13.0. The molecule has 42 heavy (non-hydrogen) atoms. The summed E-state index contributed by atoms with van der Waals surface area (Å²) in [7, 11) is 1.57. The highest BCUT2D eigenvalue weighted by atomic mass is 16.5. The number of methoxy groups -OCH3 is 1. The highest BCUT2D eigenvalue weighted by Gasteiger charge is 2.45. The van der Waals surface area contributed by atoms with Crippen LogP contribution in [0.2, 0.25) is 0 Å². The molecule has 4 amide bonds. The third-order valence-electron chi connectivity index (χ3n) is 8.31. The molecule has 1 aromatic rings. The Balaban J connectivity index is 1.25. The number of carbonyl (C=O) groups excluding carboxylic acids is 3. The standard InChI is InChI=1S/C31H39N7O4/c1-20-17-30(2,12-10-25(20)35-28(33-19-32-3)34-22-7-8-22)13-14-31(27(40)36-29(41)37-31)11-5-15-38-18-21-6-9-23(42-4)16-24(21)26(38)39/h6,9,16,22H,3,5,7-8,10-12,15,17-19H2,1-2,4H3,(H2,33,34,35)(H2,36,37,40,41). The van der Waals surface area contributed by atoms with Gasteiger partial charge in [-0.15, -0.1) is 0 Å². The summed E-state index contributed by atoms with van der Waals surface area (Å²) in [5, 5.41) is 12.0. The van der Waals surface area contributed by atoms with Crippen molar-refractivity contribution in [2.75, 3.05) is 20.3 Å². The number of hydrogen-bond donors (Lipinski definition) is 4. The number of amides is 4. The van der Waals surface area contributed by atoms with Crippen LogP contribution in [0.1, 0.15) is 74.7 Å². The van der Waals surface area contributed by atoms with Gasteiger partial charge in [-0.1, -0.05) is 23.5 Å². The van der Waals surface area contributed by atoms with E-state index in [1.165, 1.54) is 5.57 Å². The van der Waals surface area contributed by atoms with Crippen LogP contribution in [0, 0.1) is 17.3 Å². The Morgan fingerprint density at radius 2 is 2.07 bits per heavy atom. The van der Waals surface area contributed by atoms with E-state index in [0.29, 0.717) is 56.4 Å². The van der Waals surface area contributed by atoms with Gasteiger partial charge in [0.25, 0.3) is 11.8 Å². The molecule has 0 aromatic heterocycles. The number of carbonyl (C=O) groups is 3. The van der Waals surface area contributed by atoms with Gasteiger partial charge in [-0.3, -0.25) is 19.9 Å². The number of benzene rings is 1. The molecule has 2 heterocycles. The van der Waals surface area contributed by atoms with E-state index in [9.17, 15) is 14.4 Å². The van der Waals surface area contributed by atoms with Gasteiger partial charge in [0.15, 0.2) is 11.5 Å². The summed E-state index contributed by atoms with van der Waals surface area (Å²) in [6.07, 6.45) is 5.34. The average Bonchev–Trinajstić information content (AvgIpc) is 3.66. The zero-order valence-electron chi connectivity index (χ0n) is 24.6. The van der Waals surface area contributed by atoms with Gasteiger partial charge in [-0.05, 0) is 83.2 Å². The number of fused-ring (bicyclic) bond motifs is 1. The number of aliphatic imine (C=N–C) groups is 2. The predicted octanol–water partition coefficient (Wildman–Crippen LogP) is 2.83. The molecule has 2 atom stereocenters. The molecule has 1 aromatic carbocycles. The Morgan fingerprint density at radius 1 is 1.26 bits per heavy atom. The minimum atomic E-state index is -1.33. The molecule has 5 rings (SSSR count). The molecule has 1 saturated carbocycles. The second-order valence-corrected chi connectivity index (χ2v) is 11.8. The lowest BCUT2D eigenvalue weighted by atomic mass is 9.74. The number of allylic oxidation sites excluding steroid dienone is 2. The first-order valence-electron chi connectivity index (χ1n) is 14.5. The van der Waals surface area contributed by atoms with E-state index in [4.69, 9.17) is 4.74 Å². The van der Waals surface area contributed by atoms with E-state index in [1.54, 1.807) is 18.1 Å². The number of guanidine groups is 1. The number of imide groups is 1. The average molecular weight is 574 g/mol. The molecule has 11 heteroatoms. The topological polar surface area (TPSA) is 137 Å². The monoisotopic (exact) mass is 573 g/mol. The Kier molecular flexibility index (Phi) is 8.25. The van der Waals surface area contributed by atoms with Crippen molar-refractivity contribution in [3.05, 3.63) is 40.6 Å². The number of hydrogen-bond acceptors (Lipinski definition) is 6. The molecule has 2 aliphatic heterocycles. The van der Waals surface area contributed by atoms with Crippen molar-refractivity contribution >= 4 is 30.5 Å². The summed E-state index contributed by atoms with van der Waals surface area (Å²) in [6, 6.07) is 5.41. The molecule has 222 valence electrons. The van der Waals surface area contributed by atoms with Crippen LogP contribution in [-0.4, -0.2) is 67.3 Å². The first-order valence-corrected chi connectivity index (χ1v) is 14.5. The van der Waals surface area contributed by atoms with Gasteiger partial charge in [-0.2, -0.15) is 0 Å². The Labute approximate surface area is 246 Å². The van der Waals surface area contributed by atoms with E-state index in [2.05, 4.69) is 63.7 Å². The predicted molar refractivity (Wildman–Crippen MR) is 160 cm³/mol. The van der Waals surface area contributed by atoms with E-state index in [1.807, 2.05) is 12.1 Å². The van der Waals surface area contributed by atoms with Crippen LogP contribution in [0.5, 0.6) is 5.75 Å². The molecule has 0 bridgehead atoms. The minimum Gasteiger partial charge on any atom is -0.497 e. The summed E-state index contributed by atoms with van der Waals surface area (Å²) >= 11 is 0. The smallest absolute Gasteiger partial charge is 0.323 e. The first kappa shape index (κ1) is 29.2. The number of urea groups is 1. The maximum Gasteiger partial charge on any atom is 0.323 e. The van der Waals surface area contributed by atoms with Crippen LogP contribution in [0.4, 0.5) is 4.79 Å². The van der Waals surface area contributed by atoms with E-state index in [-0.39, 0.29) is 11.3 Å².